The van der Waals surface area contributed by atoms with Crippen molar-refractivity contribution in [2.45, 2.75) is 44.6 Å². The Morgan fingerprint density at radius 3 is 2.79 bits per heavy atom. The van der Waals surface area contributed by atoms with E-state index in [0.717, 1.165) is 29.0 Å². The minimum absolute atomic E-state index is 0.127. The van der Waals surface area contributed by atoms with E-state index >= 15 is 0 Å². The van der Waals surface area contributed by atoms with E-state index in [9.17, 15) is 5.11 Å². The van der Waals surface area contributed by atoms with Gasteiger partial charge >= 0.3 is 0 Å². The Morgan fingerprint density at radius 1 is 1.42 bits per heavy atom. The number of imidazole rings is 1. The fourth-order valence-electron chi connectivity index (χ4n) is 2.75. The third-order valence-corrected chi connectivity index (χ3v) is 3.98. The average molecular weight is 259 g/mol. The van der Waals surface area contributed by atoms with Crippen LogP contribution >= 0.6 is 0 Å². The summed E-state index contributed by atoms with van der Waals surface area (Å²) in [6.07, 6.45) is 3.16. The van der Waals surface area contributed by atoms with Crippen molar-refractivity contribution in [1.82, 2.24) is 9.55 Å². The van der Waals surface area contributed by atoms with E-state index in [1.54, 1.807) is 0 Å². The number of nitrogen functional groups attached to an aromatic ring is 1. The zero-order valence-corrected chi connectivity index (χ0v) is 11.6. The Morgan fingerprint density at radius 2 is 2.16 bits per heavy atom. The van der Waals surface area contributed by atoms with Crippen LogP contribution in [0, 0.1) is 0 Å². The predicted molar refractivity (Wildman–Crippen MR) is 77.1 cm³/mol. The molecule has 102 valence electrons. The summed E-state index contributed by atoms with van der Waals surface area (Å²) in [5, 5.41) is 9.31. The standard InChI is InChI=1S/C15H21N3O/c1-15(2,7-8-19)18-13-6-5-11(16)9-12(13)17-14(18)10-3-4-10/h5-6,9-10,19H,3-4,7-8,16H2,1-2H3. The maximum Gasteiger partial charge on any atom is 0.113 e. The highest BCUT2D eigenvalue weighted by Crippen LogP contribution is 2.43. The molecule has 0 aliphatic heterocycles. The van der Waals surface area contributed by atoms with Crippen LogP contribution in [-0.2, 0) is 5.54 Å². The summed E-state index contributed by atoms with van der Waals surface area (Å²) in [6, 6.07) is 5.90. The molecule has 4 nitrogen and oxygen atoms in total. The van der Waals surface area contributed by atoms with E-state index < -0.39 is 0 Å². The van der Waals surface area contributed by atoms with E-state index in [-0.39, 0.29) is 12.1 Å². The fraction of sp³-hybridized carbons (Fsp3) is 0.533. The largest absolute Gasteiger partial charge is 0.399 e. The lowest BCUT2D eigenvalue weighted by molar-refractivity contribution is 0.213. The zero-order valence-electron chi connectivity index (χ0n) is 11.6. The van der Waals surface area contributed by atoms with Crippen molar-refractivity contribution in [2.24, 2.45) is 0 Å². The number of nitrogens with zero attached hydrogens (tertiary/aromatic N) is 2. The van der Waals surface area contributed by atoms with Crippen LogP contribution in [0.2, 0.25) is 0 Å². The van der Waals surface area contributed by atoms with Crippen molar-refractivity contribution >= 4 is 16.7 Å². The highest BCUT2D eigenvalue weighted by Gasteiger charge is 2.34. The Kier molecular flexibility index (Phi) is 2.78. The maximum atomic E-state index is 9.31. The van der Waals surface area contributed by atoms with Gasteiger partial charge in [-0.25, -0.2) is 4.98 Å². The summed E-state index contributed by atoms with van der Waals surface area (Å²) in [6.45, 7) is 4.50. The number of aliphatic hydroxyl groups is 1. The fourth-order valence-corrected chi connectivity index (χ4v) is 2.75. The molecule has 1 aliphatic rings. The van der Waals surface area contributed by atoms with Gasteiger partial charge in [0.05, 0.1) is 11.0 Å². The molecule has 0 bridgehead atoms. The van der Waals surface area contributed by atoms with Crippen molar-refractivity contribution in [3.8, 4) is 0 Å². The molecule has 1 fully saturated rings. The molecule has 2 aromatic rings. The number of hydrogen-bond donors (Lipinski definition) is 2. The van der Waals surface area contributed by atoms with Gasteiger partial charge in [-0.3, -0.25) is 0 Å². The molecular weight excluding hydrogens is 238 g/mol. The van der Waals surface area contributed by atoms with Crippen LogP contribution < -0.4 is 5.73 Å². The van der Waals surface area contributed by atoms with Crippen LogP contribution in [0.15, 0.2) is 18.2 Å². The predicted octanol–water partition coefficient (Wildman–Crippen LogP) is 2.61. The number of benzene rings is 1. The van der Waals surface area contributed by atoms with Crippen LogP contribution in [0.3, 0.4) is 0 Å². The number of rotatable bonds is 4. The van der Waals surface area contributed by atoms with Gasteiger partial charge < -0.3 is 15.4 Å². The highest BCUT2D eigenvalue weighted by molar-refractivity contribution is 5.80. The smallest absolute Gasteiger partial charge is 0.113 e. The molecule has 0 atom stereocenters. The molecule has 3 rings (SSSR count). The molecule has 0 amide bonds. The second-order valence-electron chi connectivity index (χ2n) is 6.11. The molecule has 4 heteroatoms. The Labute approximate surface area is 113 Å². The summed E-state index contributed by atoms with van der Waals surface area (Å²) in [5.74, 6) is 1.73. The lowest BCUT2D eigenvalue weighted by atomic mass is 10.00. The van der Waals surface area contributed by atoms with Crippen molar-refractivity contribution in [3.63, 3.8) is 0 Å². The molecule has 0 unspecified atom stereocenters. The summed E-state index contributed by atoms with van der Waals surface area (Å²) in [5.41, 5.74) is 8.56. The van der Waals surface area contributed by atoms with Gasteiger partial charge in [0.15, 0.2) is 0 Å². The zero-order chi connectivity index (χ0) is 13.6. The molecule has 1 aromatic heterocycles. The van der Waals surface area contributed by atoms with Crippen molar-refractivity contribution in [3.05, 3.63) is 24.0 Å². The van der Waals surface area contributed by atoms with Gasteiger partial charge in [0, 0.05) is 23.8 Å². The van der Waals surface area contributed by atoms with Crippen LogP contribution in [0.1, 0.15) is 44.9 Å². The number of aromatic nitrogens is 2. The maximum absolute atomic E-state index is 9.31. The van der Waals surface area contributed by atoms with Crippen LogP contribution in [0.5, 0.6) is 0 Å². The van der Waals surface area contributed by atoms with Gasteiger partial charge in [-0.1, -0.05) is 0 Å². The minimum atomic E-state index is -0.127. The van der Waals surface area contributed by atoms with Gasteiger partial charge in [-0.05, 0) is 51.3 Å². The first-order chi connectivity index (χ1) is 9.03. The van der Waals surface area contributed by atoms with E-state index in [4.69, 9.17) is 10.7 Å². The van der Waals surface area contributed by atoms with E-state index in [2.05, 4.69) is 18.4 Å². The number of aliphatic hydroxyl groups excluding tert-OH is 1. The molecule has 0 saturated heterocycles. The number of hydrogen-bond acceptors (Lipinski definition) is 3. The quantitative estimate of drug-likeness (QED) is 0.830. The molecule has 1 saturated carbocycles. The van der Waals surface area contributed by atoms with Crippen LogP contribution in [0.4, 0.5) is 5.69 Å². The first-order valence-corrected chi connectivity index (χ1v) is 6.92. The number of anilines is 1. The number of fused-ring (bicyclic) bond motifs is 1. The third-order valence-electron chi connectivity index (χ3n) is 3.98. The van der Waals surface area contributed by atoms with Crippen molar-refractivity contribution in [2.75, 3.05) is 12.3 Å². The monoisotopic (exact) mass is 259 g/mol. The third kappa shape index (κ3) is 2.10. The Bertz CT molecular complexity index is 611. The molecule has 3 N–H and O–H groups in total. The lowest BCUT2D eigenvalue weighted by Crippen LogP contribution is -2.29. The second-order valence-corrected chi connectivity index (χ2v) is 6.11. The van der Waals surface area contributed by atoms with Crippen molar-refractivity contribution < 1.29 is 5.11 Å². The first-order valence-electron chi connectivity index (χ1n) is 6.92. The van der Waals surface area contributed by atoms with E-state index in [0.29, 0.717) is 5.92 Å². The molecule has 1 aliphatic carbocycles. The summed E-state index contributed by atoms with van der Waals surface area (Å²) in [7, 11) is 0. The molecule has 0 spiro atoms. The molecular formula is C15H21N3O. The van der Waals surface area contributed by atoms with E-state index in [1.807, 2.05) is 18.2 Å². The highest BCUT2D eigenvalue weighted by atomic mass is 16.3. The topological polar surface area (TPSA) is 64.1 Å². The molecule has 1 aromatic carbocycles. The van der Waals surface area contributed by atoms with Crippen molar-refractivity contribution in [1.29, 1.82) is 0 Å². The molecule has 1 heterocycles. The summed E-state index contributed by atoms with van der Waals surface area (Å²) in [4.78, 5) is 4.79. The van der Waals surface area contributed by atoms with Gasteiger partial charge in [-0.2, -0.15) is 0 Å². The SMILES string of the molecule is CC(C)(CCO)n1c(C2CC2)nc2cc(N)ccc21. The van der Waals surface area contributed by atoms with Gasteiger partial charge in [-0.15, -0.1) is 0 Å². The first kappa shape index (κ1) is 12.5. The lowest BCUT2D eigenvalue weighted by Gasteiger charge is -2.29. The normalized spacial score (nSPS) is 16.2. The van der Waals surface area contributed by atoms with Gasteiger partial charge in [0.2, 0.25) is 0 Å². The molecule has 0 radical (unpaired) electrons. The van der Waals surface area contributed by atoms with Crippen LogP contribution in [-0.4, -0.2) is 21.3 Å². The van der Waals surface area contributed by atoms with E-state index in [1.165, 1.54) is 12.8 Å². The molecule has 19 heavy (non-hydrogen) atoms. The average Bonchev–Trinajstić information content (AvgIpc) is 3.09. The second kappa shape index (κ2) is 4.23. The summed E-state index contributed by atoms with van der Waals surface area (Å²) < 4.78 is 2.30. The van der Waals surface area contributed by atoms with Crippen LogP contribution in [0.25, 0.3) is 11.0 Å². The van der Waals surface area contributed by atoms with Gasteiger partial charge in [0.25, 0.3) is 0 Å². The van der Waals surface area contributed by atoms with Gasteiger partial charge in [0.1, 0.15) is 5.82 Å². The Balaban J connectivity index is 2.22. The minimum Gasteiger partial charge on any atom is -0.399 e. The Hall–Kier alpha value is -1.55. The summed E-state index contributed by atoms with van der Waals surface area (Å²) >= 11 is 0. The number of nitrogens with two attached hydrogens (primary N) is 1.